The van der Waals surface area contributed by atoms with E-state index in [9.17, 15) is 16.8 Å². The van der Waals surface area contributed by atoms with Crippen LogP contribution in [0.2, 0.25) is 0 Å². The van der Waals surface area contributed by atoms with Crippen LogP contribution < -0.4 is 0 Å². The Hall–Kier alpha value is 0.870. The summed E-state index contributed by atoms with van der Waals surface area (Å²) in [4.78, 5) is 0. The Morgan fingerprint density at radius 2 is 1.31 bits per heavy atom. The summed E-state index contributed by atoms with van der Waals surface area (Å²) in [6.45, 7) is 0. The van der Waals surface area contributed by atoms with Crippen LogP contribution in [0.4, 0.5) is 0 Å². The molecule has 0 spiro atoms. The second kappa shape index (κ2) is 6.71. The highest BCUT2D eigenvalue weighted by Crippen LogP contribution is 2.38. The van der Waals surface area contributed by atoms with Gasteiger partial charge in [0.05, 0.1) is 0 Å². The van der Waals surface area contributed by atoms with Crippen molar-refractivity contribution in [1.82, 2.24) is 0 Å². The molecule has 0 bridgehead atoms. The second-order valence-electron chi connectivity index (χ2n) is 2.58. The van der Waals surface area contributed by atoms with E-state index in [1.165, 1.54) is 0 Å². The van der Waals surface area contributed by atoms with Gasteiger partial charge in [0.15, 0.2) is 0 Å². The van der Waals surface area contributed by atoms with E-state index in [-0.39, 0.29) is 11.5 Å². The lowest BCUT2D eigenvalue weighted by Crippen LogP contribution is -2.30. The monoisotopic (exact) mass is 328 g/mol. The Bertz CT molecular complexity index is 361. The van der Waals surface area contributed by atoms with Crippen molar-refractivity contribution in [2.24, 2.45) is 0 Å². The maximum atomic E-state index is 10.7. The van der Waals surface area contributed by atoms with Gasteiger partial charge in [0, 0.05) is 11.5 Å². The Labute approximate surface area is 109 Å². The summed E-state index contributed by atoms with van der Waals surface area (Å²) in [7, 11) is -8.49. The number of hydrogen-bond acceptors (Lipinski definition) is 7. The first-order valence-corrected chi connectivity index (χ1v) is 9.81. The molecule has 98 valence electrons. The van der Waals surface area contributed by atoms with E-state index in [4.69, 9.17) is 9.11 Å². The zero-order chi connectivity index (χ0) is 13.0. The molecule has 11 heteroatoms. The first-order chi connectivity index (χ1) is 7.21. The van der Waals surface area contributed by atoms with Crippen molar-refractivity contribution in [1.29, 1.82) is 0 Å². The molecule has 6 nitrogen and oxygen atoms in total. The summed E-state index contributed by atoms with van der Waals surface area (Å²) in [5, 5.41) is 0.203. The van der Waals surface area contributed by atoms with Crippen LogP contribution in [0.5, 0.6) is 0 Å². The molecule has 1 rings (SSSR count). The van der Waals surface area contributed by atoms with Gasteiger partial charge in [0.1, 0.15) is 9.16 Å². The quantitative estimate of drug-likeness (QED) is 0.504. The molecule has 16 heavy (non-hydrogen) atoms. The lowest BCUT2D eigenvalue weighted by atomic mass is 10.5. The SMILES string of the molecule is CS.O=S(=O)(O)C1CC(S(=O)(=O)O)SCS1. The van der Waals surface area contributed by atoms with Crippen LogP contribution in [0, 0.1) is 0 Å². The fraction of sp³-hybridized carbons (Fsp3) is 1.00. The van der Waals surface area contributed by atoms with Gasteiger partial charge < -0.3 is 0 Å². The molecule has 2 atom stereocenters. The summed E-state index contributed by atoms with van der Waals surface area (Å²) < 4.78 is 57.9. The molecule has 0 aromatic carbocycles. The average molecular weight is 328 g/mol. The first kappa shape index (κ1) is 16.9. The zero-order valence-corrected chi connectivity index (χ0v) is 12.3. The van der Waals surface area contributed by atoms with Crippen LogP contribution in [-0.4, -0.2) is 46.4 Å². The molecule has 1 saturated heterocycles. The molecule has 1 aliphatic rings. The first-order valence-electron chi connectivity index (χ1n) is 3.82. The predicted octanol–water partition coefficient (Wildman–Crippen LogP) is 0.788. The molecule has 1 aliphatic heterocycles. The molecular weight excluding hydrogens is 316 g/mol. The fourth-order valence-electron chi connectivity index (χ4n) is 0.899. The minimum absolute atomic E-state index is 0.203. The van der Waals surface area contributed by atoms with Crippen molar-refractivity contribution >= 4 is 56.4 Å². The van der Waals surface area contributed by atoms with Gasteiger partial charge in [-0.1, -0.05) is 0 Å². The summed E-state index contributed by atoms with van der Waals surface area (Å²) in [6, 6.07) is 0. The second-order valence-corrected chi connectivity index (χ2v) is 9.12. The molecule has 0 aliphatic carbocycles. The maximum Gasteiger partial charge on any atom is 0.277 e. The number of rotatable bonds is 2. The van der Waals surface area contributed by atoms with Crippen molar-refractivity contribution in [2.45, 2.75) is 15.6 Å². The highest BCUT2D eigenvalue weighted by molar-refractivity contribution is 8.24. The Balaban J connectivity index is 0.00000106. The predicted molar refractivity (Wildman–Crippen MR) is 70.2 cm³/mol. The van der Waals surface area contributed by atoms with Crippen LogP contribution in [0.1, 0.15) is 6.42 Å². The summed E-state index contributed by atoms with van der Waals surface area (Å²) >= 11 is 5.41. The van der Waals surface area contributed by atoms with E-state index in [1.807, 2.05) is 0 Å². The van der Waals surface area contributed by atoms with Crippen LogP contribution in [0.15, 0.2) is 0 Å². The van der Waals surface area contributed by atoms with Crippen LogP contribution in [0.25, 0.3) is 0 Å². The van der Waals surface area contributed by atoms with E-state index in [0.717, 1.165) is 23.5 Å². The lowest BCUT2D eigenvalue weighted by molar-refractivity contribution is 0.470. The van der Waals surface area contributed by atoms with Crippen molar-refractivity contribution in [3.05, 3.63) is 0 Å². The van der Waals surface area contributed by atoms with E-state index in [1.54, 1.807) is 6.26 Å². The highest BCUT2D eigenvalue weighted by atomic mass is 32.3. The van der Waals surface area contributed by atoms with Crippen molar-refractivity contribution < 1.29 is 25.9 Å². The molecule has 0 amide bonds. The molecule has 2 unspecified atom stereocenters. The van der Waals surface area contributed by atoms with Crippen LogP contribution in [0.3, 0.4) is 0 Å². The van der Waals surface area contributed by atoms with Gasteiger partial charge >= 0.3 is 0 Å². The van der Waals surface area contributed by atoms with Crippen LogP contribution >= 0.6 is 36.2 Å². The fourth-order valence-corrected chi connectivity index (χ4v) is 6.82. The highest BCUT2D eigenvalue weighted by Gasteiger charge is 2.37. The Kier molecular flexibility index (Phi) is 7.07. The van der Waals surface area contributed by atoms with E-state index < -0.39 is 29.4 Å². The van der Waals surface area contributed by atoms with Crippen molar-refractivity contribution in [2.75, 3.05) is 11.3 Å². The molecule has 1 fully saturated rings. The third-order valence-electron chi connectivity index (χ3n) is 1.56. The third-order valence-corrected chi connectivity index (χ3v) is 7.76. The number of thiol groups is 1. The van der Waals surface area contributed by atoms with Gasteiger partial charge in [-0.25, -0.2) is 0 Å². The molecule has 0 aromatic heterocycles. The van der Waals surface area contributed by atoms with Crippen LogP contribution in [-0.2, 0) is 20.2 Å². The normalized spacial score (nSPS) is 26.8. The molecule has 0 saturated carbocycles. The van der Waals surface area contributed by atoms with E-state index >= 15 is 0 Å². The smallest absolute Gasteiger partial charge is 0.277 e. The zero-order valence-electron chi connectivity index (χ0n) is 8.18. The summed E-state index contributed by atoms with van der Waals surface area (Å²) in [5.74, 6) is 0. The van der Waals surface area contributed by atoms with E-state index in [2.05, 4.69) is 12.6 Å². The average Bonchev–Trinajstić information content (AvgIpc) is 2.18. The number of hydrogen-bond donors (Lipinski definition) is 3. The minimum Gasteiger partial charge on any atom is -0.285 e. The lowest BCUT2D eigenvalue weighted by Gasteiger charge is -2.23. The molecular formula is C5H12O6S5. The standard InChI is InChI=1S/C4H8O6S4.CH4S/c5-13(6,7)3-1-4(12-2-11-3)14(8,9)10;1-2/h3-4H,1-2H2,(H,5,6,7)(H,8,9,10);2H,1H3. The van der Waals surface area contributed by atoms with Gasteiger partial charge in [0.25, 0.3) is 20.2 Å². The third kappa shape index (κ3) is 5.47. The summed E-state index contributed by atoms with van der Waals surface area (Å²) in [5.41, 5.74) is 0. The van der Waals surface area contributed by atoms with Gasteiger partial charge in [-0.05, 0) is 6.26 Å². The topological polar surface area (TPSA) is 109 Å². The number of thioether (sulfide) groups is 2. The van der Waals surface area contributed by atoms with Gasteiger partial charge in [-0.2, -0.15) is 29.5 Å². The molecule has 0 radical (unpaired) electrons. The van der Waals surface area contributed by atoms with Gasteiger partial charge in [-0.15, -0.1) is 23.5 Å². The summed E-state index contributed by atoms with van der Waals surface area (Å²) in [6.07, 6.45) is 1.40. The van der Waals surface area contributed by atoms with Gasteiger partial charge in [-0.3, -0.25) is 9.11 Å². The Morgan fingerprint density at radius 3 is 1.56 bits per heavy atom. The van der Waals surface area contributed by atoms with E-state index in [0.29, 0.717) is 0 Å². The van der Waals surface area contributed by atoms with Gasteiger partial charge in [0.2, 0.25) is 0 Å². The molecule has 1 heterocycles. The minimum atomic E-state index is -4.25. The Morgan fingerprint density at radius 1 is 1.00 bits per heavy atom. The van der Waals surface area contributed by atoms with Crippen molar-refractivity contribution in [3.8, 4) is 0 Å². The maximum absolute atomic E-state index is 10.7. The molecule has 2 N–H and O–H groups in total. The molecule has 0 aromatic rings. The largest absolute Gasteiger partial charge is 0.285 e. The van der Waals surface area contributed by atoms with Crippen molar-refractivity contribution in [3.63, 3.8) is 0 Å².